The zero-order valence-corrected chi connectivity index (χ0v) is 18.7. The van der Waals surface area contributed by atoms with Gasteiger partial charge >= 0.3 is 12.2 Å². The molecule has 2 aromatic heterocycles. The third kappa shape index (κ3) is 5.50. The number of alkyl halides is 3. The fraction of sp³-hybridized carbons (Fsp3) is 0.478. The molecule has 0 aliphatic carbocycles. The van der Waals surface area contributed by atoms with E-state index in [4.69, 9.17) is 4.42 Å². The highest BCUT2D eigenvalue weighted by molar-refractivity contribution is 5.60. The zero-order chi connectivity index (χ0) is 23.8. The summed E-state index contributed by atoms with van der Waals surface area (Å²) < 4.78 is 44.3. The van der Waals surface area contributed by atoms with Crippen LogP contribution in [0.4, 0.5) is 19.2 Å². The lowest BCUT2D eigenvalue weighted by atomic mass is 9.93. The molecule has 4 rings (SSSR count). The number of benzene rings is 1. The van der Waals surface area contributed by atoms with E-state index in [1.54, 1.807) is 26.8 Å². The number of halogens is 3. The van der Waals surface area contributed by atoms with Gasteiger partial charge in [0.05, 0.1) is 17.0 Å². The molecule has 10 heteroatoms. The smallest absolute Gasteiger partial charge is 0.408 e. The molecule has 1 aromatic carbocycles. The molecule has 3 heterocycles. The lowest BCUT2D eigenvalue weighted by molar-refractivity contribution is -0.137. The standard InChI is InChI=1S/C23H26F3N5O2/c1-14-29-30-21(33-14)31-10-8-15(9-11-31)12-20-27-18(13-19(28-20)22(2,3)32)16-4-6-17(7-5-16)23(24,25)26/h4-7,13,15,32H,8-12H2,1-3H3. The van der Waals surface area contributed by atoms with Crippen molar-refractivity contribution in [2.24, 2.45) is 5.92 Å². The van der Waals surface area contributed by atoms with E-state index in [1.807, 2.05) is 0 Å². The van der Waals surface area contributed by atoms with Gasteiger partial charge in [0.1, 0.15) is 11.4 Å². The number of rotatable bonds is 5. The van der Waals surface area contributed by atoms with Gasteiger partial charge in [-0.05, 0) is 50.8 Å². The second-order valence-electron chi connectivity index (χ2n) is 8.93. The van der Waals surface area contributed by atoms with E-state index in [0.29, 0.717) is 47.0 Å². The van der Waals surface area contributed by atoms with Crippen molar-refractivity contribution in [1.29, 1.82) is 0 Å². The second-order valence-corrected chi connectivity index (χ2v) is 8.93. The lowest BCUT2D eigenvalue weighted by Gasteiger charge is -2.30. The van der Waals surface area contributed by atoms with Crippen LogP contribution in [0.15, 0.2) is 34.7 Å². The number of aromatic nitrogens is 4. The first-order valence-electron chi connectivity index (χ1n) is 10.8. The maximum Gasteiger partial charge on any atom is 0.416 e. The van der Waals surface area contributed by atoms with Crippen molar-refractivity contribution in [1.82, 2.24) is 20.2 Å². The van der Waals surface area contributed by atoms with E-state index in [-0.39, 0.29) is 0 Å². The third-order valence-corrected chi connectivity index (χ3v) is 5.78. The molecule has 1 fully saturated rings. The average Bonchev–Trinajstić information content (AvgIpc) is 3.19. The highest BCUT2D eigenvalue weighted by Crippen LogP contribution is 2.32. The number of aryl methyl sites for hydroxylation is 1. The van der Waals surface area contributed by atoms with Crippen LogP contribution in [0.5, 0.6) is 0 Å². The molecule has 3 aromatic rings. The van der Waals surface area contributed by atoms with Crippen LogP contribution in [0.3, 0.4) is 0 Å². The maximum absolute atomic E-state index is 12.9. The summed E-state index contributed by atoms with van der Waals surface area (Å²) >= 11 is 0. The molecule has 1 saturated heterocycles. The predicted molar refractivity (Wildman–Crippen MR) is 115 cm³/mol. The molecule has 1 aliphatic heterocycles. The Balaban J connectivity index is 1.53. The van der Waals surface area contributed by atoms with Crippen LogP contribution in [0, 0.1) is 12.8 Å². The van der Waals surface area contributed by atoms with Crippen molar-refractivity contribution in [3.8, 4) is 11.3 Å². The Morgan fingerprint density at radius 3 is 2.27 bits per heavy atom. The first-order valence-corrected chi connectivity index (χ1v) is 10.8. The van der Waals surface area contributed by atoms with E-state index in [9.17, 15) is 18.3 Å². The minimum Gasteiger partial charge on any atom is -0.408 e. The van der Waals surface area contributed by atoms with Gasteiger partial charge in [0.2, 0.25) is 5.89 Å². The molecule has 0 radical (unpaired) electrons. The van der Waals surface area contributed by atoms with E-state index < -0.39 is 17.3 Å². The number of hydrogen-bond acceptors (Lipinski definition) is 7. The van der Waals surface area contributed by atoms with Gasteiger partial charge in [-0.15, -0.1) is 5.10 Å². The summed E-state index contributed by atoms with van der Waals surface area (Å²) in [6, 6.07) is 7.02. The lowest BCUT2D eigenvalue weighted by Crippen LogP contribution is -2.34. The van der Waals surface area contributed by atoms with Crippen LogP contribution < -0.4 is 4.90 Å². The van der Waals surface area contributed by atoms with Gasteiger partial charge in [-0.25, -0.2) is 9.97 Å². The van der Waals surface area contributed by atoms with Gasteiger partial charge in [-0.2, -0.15) is 13.2 Å². The van der Waals surface area contributed by atoms with Gasteiger partial charge in [0.25, 0.3) is 0 Å². The van der Waals surface area contributed by atoms with Crippen molar-refractivity contribution < 1.29 is 22.7 Å². The van der Waals surface area contributed by atoms with E-state index in [1.165, 1.54) is 12.1 Å². The average molecular weight is 461 g/mol. The largest absolute Gasteiger partial charge is 0.416 e. The molecule has 1 N–H and O–H groups in total. The molecule has 7 nitrogen and oxygen atoms in total. The summed E-state index contributed by atoms with van der Waals surface area (Å²) in [7, 11) is 0. The quantitative estimate of drug-likeness (QED) is 0.597. The van der Waals surface area contributed by atoms with Crippen LogP contribution in [0.25, 0.3) is 11.3 Å². The minimum atomic E-state index is -4.40. The minimum absolute atomic E-state index is 0.322. The summed E-state index contributed by atoms with van der Waals surface area (Å²) in [5, 5.41) is 18.5. The predicted octanol–water partition coefficient (Wildman–Crippen LogP) is 4.54. The molecular weight excluding hydrogens is 435 g/mol. The summed E-state index contributed by atoms with van der Waals surface area (Å²) in [4.78, 5) is 11.2. The van der Waals surface area contributed by atoms with E-state index >= 15 is 0 Å². The number of anilines is 1. The van der Waals surface area contributed by atoms with Gasteiger partial charge in [-0.3, -0.25) is 0 Å². The third-order valence-electron chi connectivity index (χ3n) is 5.78. The summed E-state index contributed by atoms with van der Waals surface area (Å²) in [5.41, 5.74) is -0.465. The van der Waals surface area contributed by atoms with Crippen molar-refractivity contribution in [2.75, 3.05) is 18.0 Å². The topological polar surface area (TPSA) is 88.2 Å². The molecule has 0 atom stereocenters. The Bertz CT molecular complexity index is 1100. The molecule has 0 amide bonds. The molecular formula is C23H26F3N5O2. The second kappa shape index (κ2) is 8.74. The monoisotopic (exact) mass is 461 g/mol. The first kappa shape index (κ1) is 23.2. The number of nitrogens with zero attached hydrogens (tertiary/aromatic N) is 5. The Hall–Kier alpha value is -3.01. The zero-order valence-electron chi connectivity index (χ0n) is 18.7. The van der Waals surface area contributed by atoms with Crippen LogP contribution in [-0.2, 0) is 18.2 Å². The molecule has 0 spiro atoms. The van der Waals surface area contributed by atoms with Crippen molar-refractivity contribution in [2.45, 2.75) is 51.8 Å². The van der Waals surface area contributed by atoms with Crippen molar-refractivity contribution in [3.63, 3.8) is 0 Å². The maximum atomic E-state index is 12.9. The molecule has 176 valence electrons. The van der Waals surface area contributed by atoms with Gasteiger partial charge < -0.3 is 14.4 Å². The fourth-order valence-corrected chi connectivity index (χ4v) is 3.88. The summed E-state index contributed by atoms with van der Waals surface area (Å²) in [6.07, 6.45) is -2.03. The van der Waals surface area contributed by atoms with E-state index in [2.05, 4.69) is 25.1 Å². The fourth-order valence-electron chi connectivity index (χ4n) is 3.88. The summed E-state index contributed by atoms with van der Waals surface area (Å²) in [6.45, 7) is 6.54. The summed E-state index contributed by atoms with van der Waals surface area (Å²) in [5.74, 6) is 1.42. The molecule has 33 heavy (non-hydrogen) atoms. The molecule has 0 unspecified atom stereocenters. The Labute approximate surface area is 189 Å². The Morgan fingerprint density at radius 2 is 1.73 bits per heavy atom. The Kier molecular flexibility index (Phi) is 6.13. The van der Waals surface area contributed by atoms with Crippen LogP contribution in [-0.4, -0.2) is 38.4 Å². The highest BCUT2D eigenvalue weighted by Gasteiger charge is 2.30. The SMILES string of the molecule is Cc1nnc(N2CCC(Cc3nc(-c4ccc(C(F)(F)F)cc4)cc(C(C)(C)O)n3)CC2)o1. The Morgan fingerprint density at radius 1 is 1.06 bits per heavy atom. The van der Waals surface area contributed by atoms with Crippen LogP contribution in [0.1, 0.15) is 49.7 Å². The van der Waals surface area contributed by atoms with Gasteiger partial charge in [0.15, 0.2) is 0 Å². The van der Waals surface area contributed by atoms with Crippen LogP contribution >= 0.6 is 0 Å². The molecule has 1 aliphatic rings. The number of piperidine rings is 1. The van der Waals surface area contributed by atoms with Gasteiger partial charge in [-0.1, -0.05) is 17.2 Å². The van der Waals surface area contributed by atoms with Crippen molar-refractivity contribution in [3.05, 3.63) is 53.3 Å². The number of hydrogen-bond donors (Lipinski definition) is 1. The first-order chi connectivity index (χ1) is 15.5. The van der Waals surface area contributed by atoms with Crippen LogP contribution in [0.2, 0.25) is 0 Å². The van der Waals surface area contributed by atoms with Crippen molar-refractivity contribution >= 4 is 6.01 Å². The molecule has 0 saturated carbocycles. The molecule has 0 bridgehead atoms. The highest BCUT2D eigenvalue weighted by atomic mass is 19.4. The van der Waals surface area contributed by atoms with E-state index in [0.717, 1.165) is 38.1 Å². The normalized spacial score (nSPS) is 15.8. The number of aliphatic hydroxyl groups is 1. The van der Waals surface area contributed by atoms with Gasteiger partial charge in [0, 0.05) is 32.0 Å².